The molecule has 2 aliphatic rings. The van der Waals surface area contributed by atoms with Gasteiger partial charge in [-0.3, -0.25) is 9.59 Å². The topological polar surface area (TPSA) is 145 Å². The number of primary amides is 1. The normalized spacial score (nSPS) is 20.1. The van der Waals surface area contributed by atoms with Crippen LogP contribution in [0.1, 0.15) is 65.7 Å². The second-order valence-corrected chi connectivity index (χ2v) is 9.64. The predicted molar refractivity (Wildman–Crippen MR) is 135 cm³/mol. The average molecular weight is 506 g/mol. The number of rotatable bonds is 5. The number of aliphatic hydroxyl groups excluding tert-OH is 1. The lowest BCUT2D eigenvalue weighted by Gasteiger charge is -2.25. The van der Waals surface area contributed by atoms with Gasteiger partial charge in [-0.25, -0.2) is 14.1 Å². The number of hydrogen-bond donors (Lipinski definition) is 3. The summed E-state index contributed by atoms with van der Waals surface area (Å²) in [5, 5.41) is 14.6. The van der Waals surface area contributed by atoms with E-state index in [1.54, 1.807) is 13.0 Å². The van der Waals surface area contributed by atoms with Gasteiger partial charge in [-0.2, -0.15) is 5.10 Å². The van der Waals surface area contributed by atoms with Gasteiger partial charge in [-0.1, -0.05) is 12.5 Å². The number of aliphatic hydroxyl groups is 1. The number of carbonyl (C=O) groups is 2. The van der Waals surface area contributed by atoms with E-state index in [-0.39, 0.29) is 35.1 Å². The molecule has 0 radical (unpaired) electrons. The molecule has 11 heteroatoms. The molecule has 1 aromatic carbocycles. The van der Waals surface area contributed by atoms with Crippen LogP contribution in [-0.4, -0.2) is 59.8 Å². The summed E-state index contributed by atoms with van der Waals surface area (Å²) in [6.07, 6.45) is 2.83. The van der Waals surface area contributed by atoms with Crippen LogP contribution in [0.4, 0.5) is 10.2 Å². The Hall–Kier alpha value is -4.17. The smallest absolute Gasteiger partial charge is 0.255 e. The molecule has 2 amide bonds. The van der Waals surface area contributed by atoms with Crippen molar-refractivity contribution in [3.05, 3.63) is 53.3 Å². The van der Waals surface area contributed by atoms with Gasteiger partial charge in [-0.15, -0.1) is 0 Å². The first kappa shape index (κ1) is 24.5. The van der Waals surface area contributed by atoms with Crippen LogP contribution >= 0.6 is 0 Å². The fraction of sp³-hybridized carbons (Fsp3) is 0.385. The first-order valence-corrected chi connectivity index (χ1v) is 12.1. The van der Waals surface area contributed by atoms with Gasteiger partial charge in [0.15, 0.2) is 5.69 Å². The molecule has 192 valence electrons. The van der Waals surface area contributed by atoms with Crippen molar-refractivity contribution >= 4 is 28.7 Å². The zero-order valence-electron chi connectivity index (χ0n) is 20.6. The van der Waals surface area contributed by atoms with E-state index < -0.39 is 29.9 Å². The van der Waals surface area contributed by atoms with Crippen LogP contribution in [0.25, 0.3) is 11.0 Å². The molecule has 0 spiro atoms. The number of benzene rings is 1. The highest BCUT2D eigenvalue weighted by Gasteiger charge is 2.39. The minimum absolute atomic E-state index is 0.00577. The van der Waals surface area contributed by atoms with Gasteiger partial charge in [-0.05, 0) is 51.2 Å². The fourth-order valence-electron chi connectivity index (χ4n) is 5.16. The number of nitrogen functional groups attached to an aromatic ring is 1. The van der Waals surface area contributed by atoms with Gasteiger partial charge in [0.2, 0.25) is 5.91 Å². The Labute approximate surface area is 212 Å². The maximum atomic E-state index is 15.0. The summed E-state index contributed by atoms with van der Waals surface area (Å²) < 4.78 is 18.4. The lowest BCUT2D eigenvalue weighted by Crippen LogP contribution is -2.40. The van der Waals surface area contributed by atoms with E-state index in [9.17, 15) is 14.7 Å². The van der Waals surface area contributed by atoms with Crippen LogP contribution in [0.15, 0.2) is 24.8 Å². The number of nitrogens with two attached hydrogens (primary N) is 2. The summed E-state index contributed by atoms with van der Waals surface area (Å²) >= 11 is 0. The fourth-order valence-corrected chi connectivity index (χ4v) is 5.16. The number of aromatic nitrogens is 4. The summed E-state index contributed by atoms with van der Waals surface area (Å²) in [5.41, 5.74) is 13.2. The maximum absolute atomic E-state index is 15.0. The van der Waals surface area contributed by atoms with Gasteiger partial charge in [0, 0.05) is 18.7 Å². The van der Waals surface area contributed by atoms with E-state index in [1.807, 2.05) is 11.5 Å². The summed E-state index contributed by atoms with van der Waals surface area (Å²) in [4.78, 5) is 30.6. The molecule has 3 heterocycles. The van der Waals surface area contributed by atoms with Crippen LogP contribution < -0.4 is 11.5 Å². The van der Waals surface area contributed by atoms with Gasteiger partial charge < -0.3 is 26.0 Å². The number of fused-ring (bicyclic) bond motifs is 1. The Morgan fingerprint density at radius 2 is 2.03 bits per heavy atom. The van der Waals surface area contributed by atoms with E-state index in [1.165, 1.54) is 21.7 Å². The molecule has 1 unspecified atom stereocenters. The van der Waals surface area contributed by atoms with Gasteiger partial charge in [0.25, 0.3) is 5.91 Å². The first-order chi connectivity index (χ1) is 17.6. The summed E-state index contributed by atoms with van der Waals surface area (Å²) in [5.74, 6) is 4.65. The third-order valence-corrected chi connectivity index (χ3v) is 7.06. The highest BCUT2D eigenvalue weighted by Crippen LogP contribution is 2.39. The Bertz CT molecular complexity index is 1510. The number of hydrogen-bond acceptors (Lipinski definition) is 6. The van der Waals surface area contributed by atoms with Crippen LogP contribution in [-0.2, 0) is 4.79 Å². The van der Waals surface area contributed by atoms with E-state index in [0.717, 1.165) is 24.2 Å². The Morgan fingerprint density at radius 1 is 1.30 bits per heavy atom. The molecule has 3 aromatic rings. The quantitative estimate of drug-likeness (QED) is 0.356. The zero-order valence-corrected chi connectivity index (χ0v) is 20.6. The summed E-state index contributed by atoms with van der Waals surface area (Å²) in [6, 6.07) is 2.45. The van der Waals surface area contributed by atoms with Crippen LogP contribution in [0, 0.1) is 24.6 Å². The molecule has 1 saturated carbocycles. The molecule has 2 fully saturated rings. The van der Waals surface area contributed by atoms with Crippen molar-refractivity contribution in [1.29, 1.82) is 0 Å². The Balaban J connectivity index is 1.51. The van der Waals surface area contributed by atoms with E-state index in [4.69, 9.17) is 11.5 Å². The van der Waals surface area contributed by atoms with E-state index in [0.29, 0.717) is 18.0 Å². The molecule has 2 aromatic heterocycles. The molecule has 1 saturated heterocycles. The largest absolute Gasteiger partial charge is 0.391 e. The predicted octanol–water partition coefficient (Wildman–Crippen LogP) is 1.80. The molecule has 0 bridgehead atoms. The molecular weight excluding hydrogens is 477 g/mol. The number of nitrogens with zero attached hydrogens (tertiary/aromatic N) is 5. The number of likely N-dealkylation sites (tertiary alicyclic amines) is 1. The van der Waals surface area contributed by atoms with Crippen molar-refractivity contribution in [3.8, 4) is 11.8 Å². The number of imidazole rings is 1. The molecule has 1 aliphatic heterocycles. The van der Waals surface area contributed by atoms with Crippen LogP contribution in [0.5, 0.6) is 0 Å². The van der Waals surface area contributed by atoms with Gasteiger partial charge >= 0.3 is 0 Å². The molecule has 5 rings (SSSR count). The van der Waals surface area contributed by atoms with E-state index in [2.05, 4.69) is 28.5 Å². The molecule has 1 aliphatic carbocycles. The lowest BCUT2D eigenvalue weighted by atomic mass is 10.1. The van der Waals surface area contributed by atoms with Crippen molar-refractivity contribution in [2.45, 2.75) is 57.3 Å². The molecule has 5 N–H and O–H groups in total. The summed E-state index contributed by atoms with van der Waals surface area (Å²) in [7, 11) is 0. The van der Waals surface area contributed by atoms with Crippen LogP contribution in [0.2, 0.25) is 0 Å². The third-order valence-electron chi connectivity index (χ3n) is 7.06. The van der Waals surface area contributed by atoms with Crippen LogP contribution in [0.3, 0.4) is 0 Å². The highest BCUT2D eigenvalue weighted by molar-refractivity contribution is 5.99. The van der Waals surface area contributed by atoms with Crippen molar-refractivity contribution in [2.24, 2.45) is 5.73 Å². The third kappa shape index (κ3) is 4.23. The first-order valence-electron chi connectivity index (χ1n) is 12.1. The Kier molecular flexibility index (Phi) is 6.00. The minimum Gasteiger partial charge on any atom is -0.391 e. The molecule has 3 atom stereocenters. The van der Waals surface area contributed by atoms with Crippen molar-refractivity contribution < 1.29 is 19.1 Å². The SMILES string of the molecule is C=CC(=O)N1CC(n2nc(C#Cc3cc4nc(C)n(C5CC5)c4cc3F)c(C(N)=O)c2N)C[C@@H]1[C@@H](C)O. The number of amides is 2. The zero-order chi connectivity index (χ0) is 26.6. The Morgan fingerprint density at radius 3 is 2.65 bits per heavy atom. The van der Waals surface area contributed by atoms with Gasteiger partial charge in [0.1, 0.15) is 23.0 Å². The monoisotopic (exact) mass is 505 g/mol. The second kappa shape index (κ2) is 9.05. The molecular formula is C26H28FN7O3. The number of anilines is 1. The van der Waals surface area contributed by atoms with Crippen molar-refractivity contribution in [3.63, 3.8) is 0 Å². The second-order valence-electron chi connectivity index (χ2n) is 9.64. The number of aryl methyl sites for hydroxylation is 1. The average Bonchev–Trinajstić information content (AvgIpc) is 3.35. The standard InChI is InChI=1S/C26H28FN7O3/c1-4-23(36)32-12-17(10-21(32)13(2)35)34-25(28)24(26(29)37)19(31-34)8-5-15-9-20-22(11-18(15)27)33(14(3)30-20)16-6-7-16/h4,9,11,13,16-17,21,35H,1,6-7,10,12,28H2,2-3H3,(H2,29,37)/t13-,17?,21-/m1/s1. The molecule has 10 nitrogen and oxygen atoms in total. The maximum Gasteiger partial charge on any atom is 0.255 e. The number of halogens is 1. The lowest BCUT2D eigenvalue weighted by molar-refractivity contribution is -0.128. The van der Waals surface area contributed by atoms with Crippen molar-refractivity contribution in [2.75, 3.05) is 12.3 Å². The highest BCUT2D eigenvalue weighted by atomic mass is 19.1. The van der Waals surface area contributed by atoms with E-state index >= 15 is 4.39 Å². The number of carbonyl (C=O) groups excluding carboxylic acids is 2. The molecule has 37 heavy (non-hydrogen) atoms. The van der Waals surface area contributed by atoms with Gasteiger partial charge in [0.05, 0.1) is 34.8 Å². The minimum atomic E-state index is -0.827. The summed E-state index contributed by atoms with van der Waals surface area (Å²) in [6.45, 7) is 7.20. The van der Waals surface area contributed by atoms with Crippen molar-refractivity contribution in [1.82, 2.24) is 24.2 Å².